The Morgan fingerprint density at radius 2 is 2.05 bits per heavy atom. The second-order valence-electron chi connectivity index (χ2n) is 5.44. The Labute approximate surface area is 125 Å². The summed E-state index contributed by atoms with van der Waals surface area (Å²) in [5.74, 6) is 0. The van der Waals surface area contributed by atoms with E-state index in [0.29, 0.717) is 6.54 Å². The molecule has 3 rings (SSSR count). The normalized spacial score (nSPS) is 18.2. The average Bonchev–Trinajstić information content (AvgIpc) is 2.51. The molecule has 1 aromatic heterocycles. The fourth-order valence-electron chi connectivity index (χ4n) is 2.70. The monoisotopic (exact) mass is 336 g/mol. The van der Waals surface area contributed by atoms with Gasteiger partial charge in [0, 0.05) is 29.3 Å². The van der Waals surface area contributed by atoms with Crippen LogP contribution in [0, 0.1) is 5.41 Å². The largest absolute Gasteiger partial charge is 0.381 e. The SMILES string of the molecule is O=c1c2ccccc2cnn1CC1(CBr)CCOCC1. The number of alkyl halides is 1. The highest BCUT2D eigenvalue weighted by Crippen LogP contribution is 2.33. The van der Waals surface area contributed by atoms with Gasteiger partial charge in [-0.05, 0) is 18.9 Å². The Balaban J connectivity index is 1.98. The summed E-state index contributed by atoms with van der Waals surface area (Å²) >= 11 is 3.60. The molecule has 106 valence electrons. The molecule has 0 amide bonds. The number of aromatic nitrogens is 2. The lowest BCUT2D eigenvalue weighted by molar-refractivity contribution is 0.0163. The lowest BCUT2D eigenvalue weighted by atomic mass is 9.82. The molecule has 20 heavy (non-hydrogen) atoms. The summed E-state index contributed by atoms with van der Waals surface area (Å²) in [5.41, 5.74) is 0.0623. The molecule has 0 radical (unpaired) electrons. The van der Waals surface area contributed by atoms with Gasteiger partial charge in [-0.15, -0.1) is 0 Å². The minimum absolute atomic E-state index is 0.00471. The van der Waals surface area contributed by atoms with Crippen molar-refractivity contribution in [2.75, 3.05) is 18.5 Å². The van der Waals surface area contributed by atoms with Gasteiger partial charge in [0.05, 0.1) is 18.1 Å². The Morgan fingerprint density at radius 3 is 2.80 bits per heavy atom. The van der Waals surface area contributed by atoms with Gasteiger partial charge >= 0.3 is 0 Å². The molecule has 1 saturated heterocycles. The number of hydrogen-bond donors (Lipinski definition) is 0. The van der Waals surface area contributed by atoms with Gasteiger partial charge in [-0.2, -0.15) is 5.10 Å². The van der Waals surface area contributed by atoms with Gasteiger partial charge in [-0.1, -0.05) is 34.1 Å². The van der Waals surface area contributed by atoms with E-state index in [1.807, 2.05) is 24.3 Å². The molecule has 0 N–H and O–H groups in total. The molecule has 1 fully saturated rings. The van der Waals surface area contributed by atoms with Gasteiger partial charge < -0.3 is 4.74 Å². The zero-order valence-electron chi connectivity index (χ0n) is 11.2. The zero-order valence-corrected chi connectivity index (χ0v) is 12.8. The predicted octanol–water partition coefficient (Wildman–Crippen LogP) is 2.59. The van der Waals surface area contributed by atoms with Crippen molar-refractivity contribution in [2.45, 2.75) is 19.4 Å². The molecule has 1 aliphatic rings. The van der Waals surface area contributed by atoms with Gasteiger partial charge in [0.2, 0.25) is 0 Å². The second-order valence-corrected chi connectivity index (χ2v) is 6.00. The third-order valence-corrected chi connectivity index (χ3v) is 5.27. The minimum atomic E-state index is -0.00471. The molecule has 0 spiro atoms. The van der Waals surface area contributed by atoms with Crippen LogP contribution in [-0.2, 0) is 11.3 Å². The van der Waals surface area contributed by atoms with Crippen LogP contribution in [0.3, 0.4) is 0 Å². The molecule has 2 heterocycles. The van der Waals surface area contributed by atoms with Crippen molar-refractivity contribution in [2.24, 2.45) is 5.41 Å². The van der Waals surface area contributed by atoms with E-state index in [-0.39, 0.29) is 11.0 Å². The summed E-state index contributed by atoms with van der Waals surface area (Å²) in [4.78, 5) is 12.5. The first-order valence-corrected chi connectivity index (χ1v) is 7.95. The maximum absolute atomic E-state index is 12.5. The van der Waals surface area contributed by atoms with Crippen LogP contribution in [0.1, 0.15) is 12.8 Å². The van der Waals surface area contributed by atoms with Crippen LogP contribution >= 0.6 is 15.9 Å². The summed E-state index contributed by atoms with van der Waals surface area (Å²) in [7, 11) is 0. The molecule has 0 saturated carbocycles. The molecule has 1 aliphatic heterocycles. The molecule has 1 aromatic carbocycles. The van der Waals surface area contributed by atoms with E-state index in [2.05, 4.69) is 21.0 Å². The number of benzene rings is 1. The summed E-state index contributed by atoms with van der Waals surface area (Å²) in [6.07, 6.45) is 3.69. The topological polar surface area (TPSA) is 44.1 Å². The van der Waals surface area contributed by atoms with Crippen LogP contribution < -0.4 is 5.56 Å². The van der Waals surface area contributed by atoms with E-state index in [0.717, 1.165) is 42.2 Å². The smallest absolute Gasteiger partial charge is 0.274 e. The molecule has 0 aliphatic carbocycles. The lowest BCUT2D eigenvalue weighted by Gasteiger charge is -2.35. The molecule has 0 atom stereocenters. The van der Waals surface area contributed by atoms with Gasteiger partial charge in [-0.3, -0.25) is 4.79 Å². The maximum Gasteiger partial charge on any atom is 0.274 e. The van der Waals surface area contributed by atoms with Crippen LogP contribution in [0.4, 0.5) is 0 Å². The highest BCUT2D eigenvalue weighted by molar-refractivity contribution is 9.09. The zero-order chi connectivity index (χ0) is 14.0. The quantitative estimate of drug-likeness (QED) is 0.809. The van der Waals surface area contributed by atoms with Crippen molar-refractivity contribution >= 4 is 26.7 Å². The van der Waals surface area contributed by atoms with Crippen molar-refractivity contribution < 1.29 is 4.74 Å². The molecule has 0 unspecified atom stereocenters. The highest BCUT2D eigenvalue weighted by Gasteiger charge is 2.32. The third-order valence-electron chi connectivity index (χ3n) is 4.08. The van der Waals surface area contributed by atoms with E-state index in [1.165, 1.54) is 0 Å². The van der Waals surface area contributed by atoms with Gasteiger partial charge in [-0.25, -0.2) is 4.68 Å². The Bertz CT molecular complexity index is 662. The number of hydrogen-bond acceptors (Lipinski definition) is 3. The minimum Gasteiger partial charge on any atom is -0.381 e. The van der Waals surface area contributed by atoms with E-state index in [4.69, 9.17) is 4.74 Å². The third kappa shape index (κ3) is 2.52. The number of halogens is 1. The van der Waals surface area contributed by atoms with Crippen LogP contribution in [0.2, 0.25) is 0 Å². The lowest BCUT2D eigenvalue weighted by Crippen LogP contribution is -2.39. The summed E-state index contributed by atoms with van der Waals surface area (Å²) in [5, 5.41) is 6.83. The molecule has 0 bridgehead atoms. The first kappa shape index (κ1) is 13.8. The first-order chi connectivity index (χ1) is 9.74. The predicted molar refractivity (Wildman–Crippen MR) is 82.3 cm³/mol. The Hall–Kier alpha value is -1.20. The number of nitrogens with zero attached hydrogens (tertiary/aromatic N) is 2. The van der Waals surface area contributed by atoms with Crippen molar-refractivity contribution in [3.63, 3.8) is 0 Å². The number of rotatable bonds is 3. The van der Waals surface area contributed by atoms with Crippen LogP contribution in [0.5, 0.6) is 0 Å². The van der Waals surface area contributed by atoms with Crippen LogP contribution in [0.25, 0.3) is 10.8 Å². The van der Waals surface area contributed by atoms with Gasteiger partial charge in [0.1, 0.15) is 0 Å². The van der Waals surface area contributed by atoms with E-state index < -0.39 is 0 Å². The Morgan fingerprint density at radius 1 is 1.30 bits per heavy atom. The standard InChI is InChI=1S/C15H17BrN2O2/c16-10-15(5-7-20-8-6-15)11-18-14(19)13-4-2-1-3-12(13)9-17-18/h1-4,9H,5-8,10-11H2. The highest BCUT2D eigenvalue weighted by atomic mass is 79.9. The summed E-state index contributed by atoms with van der Waals surface area (Å²) in [6, 6.07) is 7.60. The van der Waals surface area contributed by atoms with Crippen LogP contribution in [0.15, 0.2) is 35.3 Å². The maximum atomic E-state index is 12.5. The second kappa shape index (κ2) is 5.66. The molecule has 2 aromatic rings. The van der Waals surface area contributed by atoms with E-state index >= 15 is 0 Å². The average molecular weight is 337 g/mol. The molecule has 5 heteroatoms. The molecular weight excluding hydrogens is 320 g/mol. The van der Waals surface area contributed by atoms with Gasteiger partial charge in [0.25, 0.3) is 5.56 Å². The summed E-state index contributed by atoms with van der Waals surface area (Å²) < 4.78 is 7.04. The van der Waals surface area contributed by atoms with Crippen LogP contribution in [-0.4, -0.2) is 28.3 Å². The summed E-state index contributed by atoms with van der Waals surface area (Å²) in [6.45, 7) is 2.16. The molecule has 4 nitrogen and oxygen atoms in total. The number of ether oxygens (including phenoxy) is 1. The van der Waals surface area contributed by atoms with Crippen molar-refractivity contribution in [1.29, 1.82) is 0 Å². The van der Waals surface area contributed by atoms with Crippen molar-refractivity contribution in [3.05, 3.63) is 40.8 Å². The van der Waals surface area contributed by atoms with Gasteiger partial charge in [0.15, 0.2) is 0 Å². The van der Waals surface area contributed by atoms with Crippen molar-refractivity contribution in [1.82, 2.24) is 9.78 Å². The van der Waals surface area contributed by atoms with E-state index in [1.54, 1.807) is 10.9 Å². The molecular formula is C15H17BrN2O2. The fraction of sp³-hybridized carbons (Fsp3) is 0.467. The van der Waals surface area contributed by atoms with E-state index in [9.17, 15) is 4.79 Å². The fourth-order valence-corrected chi connectivity index (χ4v) is 3.43. The Kier molecular flexibility index (Phi) is 3.89. The van der Waals surface area contributed by atoms with Crippen molar-refractivity contribution in [3.8, 4) is 0 Å². The first-order valence-electron chi connectivity index (χ1n) is 6.83. The number of fused-ring (bicyclic) bond motifs is 1.